The molecule has 0 aromatic heterocycles. The Balaban J connectivity index is 1.50. The molecule has 0 aliphatic carbocycles. The summed E-state index contributed by atoms with van der Waals surface area (Å²) in [6.45, 7) is 7.06. The molecule has 122 valence electrons. The van der Waals surface area contributed by atoms with Crippen LogP contribution in [0, 0.1) is 13.8 Å². The van der Waals surface area contributed by atoms with Gasteiger partial charge in [0, 0.05) is 19.6 Å². The Morgan fingerprint density at radius 3 is 2.65 bits per heavy atom. The summed E-state index contributed by atoms with van der Waals surface area (Å²) in [5.41, 5.74) is 5.28. The quantitative estimate of drug-likeness (QED) is 0.921. The predicted molar refractivity (Wildman–Crippen MR) is 92.8 cm³/mol. The first-order valence-electron chi connectivity index (χ1n) is 8.29. The highest BCUT2D eigenvalue weighted by atomic mass is 16.5. The van der Waals surface area contributed by atoms with E-state index in [9.17, 15) is 5.11 Å². The molecule has 0 bridgehead atoms. The second kappa shape index (κ2) is 7.16. The fourth-order valence-electron chi connectivity index (χ4n) is 3.06. The topological polar surface area (TPSA) is 32.7 Å². The number of aliphatic hydroxyl groups is 1. The number of fused-ring (bicyclic) bond motifs is 1. The molecule has 23 heavy (non-hydrogen) atoms. The largest absolute Gasteiger partial charge is 0.491 e. The Kier molecular flexibility index (Phi) is 4.99. The van der Waals surface area contributed by atoms with Crippen molar-refractivity contribution in [3.8, 4) is 5.75 Å². The molecule has 0 unspecified atom stereocenters. The van der Waals surface area contributed by atoms with Gasteiger partial charge in [0.05, 0.1) is 0 Å². The third kappa shape index (κ3) is 4.12. The molecule has 1 aliphatic heterocycles. The molecule has 0 spiro atoms. The maximum Gasteiger partial charge on any atom is 0.119 e. The fourth-order valence-corrected chi connectivity index (χ4v) is 3.06. The van der Waals surface area contributed by atoms with Crippen molar-refractivity contribution in [2.24, 2.45) is 0 Å². The van der Waals surface area contributed by atoms with Crippen LogP contribution in [-0.2, 0) is 13.0 Å². The first-order chi connectivity index (χ1) is 11.1. The minimum atomic E-state index is -0.470. The molecule has 0 fully saturated rings. The van der Waals surface area contributed by atoms with Gasteiger partial charge in [0.2, 0.25) is 0 Å². The molecular formula is C20H25NO2. The molecule has 1 atom stereocenters. The number of β-amino-alcohol motifs (C(OH)–C–C–N with tert-alkyl or cyclic N) is 1. The molecule has 2 aromatic rings. The Morgan fingerprint density at radius 1 is 1.09 bits per heavy atom. The minimum Gasteiger partial charge on any atom is -0.491 e. The zero-order valence-corrected chi connectivity index (χ0v) is 14.0. The van der Waals surface area contributed by atoms with E-state index in [4.69, 9.17) is 4.74 Å². The molecule has 0 saturated heterocycles. The molecule has 3 rings (SSSR count). The van der Waals surface area contributed by atoms with Gasteiger partial charge in [-0.1, -0.05) is 30.3 Å². The molecule has 0 radical (unpaired) electrons. The maximum atomic E-state index is 10.3. The molecule has 2 aromatic carbocycles. The van der Waals surface area contributed by atoms with Gasteiger partial charge in [-0.15, -0.1) is 0 Å². The van der Waals surface area contributed by atoms with Crippen LogP contribution in [0.4, 0.5) is 0 Å². The van der Waals surface area contributed by atoms with E-state index < -0.39 is 6.10 Å². The van der Waals surface area contributed by atoms with Crippen molar-refractivity contribution in [2.45, 2.75) is 32.9 Å². The molecule has 1 heterocycles. The second-order valence-corrected chi connectivity index (χ2v) is 6.46. The number of ether oxygens (including phenoxy) is 1. The van der Waals surface area contributed by atoms with Crippen LogP contribution in [0.3, 0.4) is 0 Å². The van der Waals surface area contributed by atoms with Crippen molar-refractivity contribution in [3.05, 3.63) is 64.7 Å². The number of aliphatic hydroxyl groups excluding tert-OH is 1. The summed E-state index contributed by atoms with van der Waals surface area (Å²) in [6.07, 6.45) is 0.586. The summed E-state index contributed by atoms with van der Waals surface area (Å²) >= 11 is 0. The van der Waals surface area contributed by atoms with Crippen molar-refractivity contribution in [1.29, 1.82) is 0 Å². The lowest BCUT2D eigenvalue weighted by atomic mass is 10.00. The summed E-state index contributed by atoms with van der Waals surface area (Å²) in [7, 11) is 0. The lowest BCUT2D eigenvalue weighted by Gasteiger charge is -2.30. The van der Waals surface area contributed by atoms with Crippen LogP contribution in [0.15, 0.2) is 42.5 Å². The zero-order chi connectivity index (χ0) is 16.2. The van der Waals surface area contributed by atoms with Gasteiger partial charge in [-0.2, -0.15) is 0 Å². The van der Waals surface area contributed by atoms with E-state index in [1.54, 1.807) is 0 Å². The van der Waals surface area contributed by atoms with Crippen LogP contribution in [0.1, 0.15) is 22.3 Å². The van der Waals surface area contributed by atoms with Crippen LogP contribution >= 0.6 is 0 Å². The third-order valence-corrected chi connectivity index (χ3v) is 4.60. The second-order valence-electron chi connectivity index (χ2n) is 6.46. The number of nitrogens with zero attached hydrogens (tertiary/aromatic N) is 1. The first kappa shape index (κ1) is 16.0. The molecule has 3 nitrogen and oxygen atoms in total. The minimum absolute atomic E-state index is 0.334. The molecule has 3 heteroatoms. The third-order valence-electron chi connectivity index (χ3n) is 4.60. The van der Waals surface area contributed by atoms with Crippen molar-refractivity contribution < 1.29 is 9.84 Å². The van der Waals surface area contributed by atoms with Gasteiger partial charge in [-0.3, -0.25) is 4.90 Å². The van der Waals surface area contributed by atoms with Gasteiger partial charge in [0.15, 0.2) is 0 Å². The zero-order valence-electron chi connectivity index (χ0n) is 14.0. The molecule has 1 N–H and O–H groups in total. The lowest BCUT2D eigenvalue weighted by Crippen LogP contribution is -2.38. The lowest BCUT2D eigenvalue weighted by molar-refractivity contribution is 0.0637. The van der Waals surface area contributed by atoms with Crippen molar-refractivity contribution in [1.82, 2.24) is 4.90 Å². The normalized spacial score (nSPS) is 16.0. The van der Waals surface area contributed by atoms with Gasteiger partial charge >= 0.3 is 0 Å². The van der Waals surface area contributed by atoms with Crippen molar-refractivity contribution in [3.63, 3.8) is 0 Å². The smallest absolute Gasteiger partial charge is 0.119 e. The fraction of sp³-hybridized carbons (Fsp3) is 0.400. The van der Waals surface area contributed by atoms with Crippen LogP contribution in [-0.4, -0.2) is 35.8 Å². The average Bonchev–Trinajstić information content (AvgIpc) is 2.56. The predicted octanol–water partition coefficient (Wildman–Crippen LogP) is 3.10. The van der Waals surface area contributed by atoms with E-state index >= 15 is 0 Å². The molecule has 0 saturated carbocycles. The maximum absolute atomic E-state index is 10.3. The highest BCUT2D eigenvalue weighted by molar-refractivity contribution is 5.33. The van der Waals surface area contributed by atoms with Crippen molar-refractivity contribution in [2.75, 3.05) is 19.7 Å². The van der Waals surface area contributed by atoms with Gasteiger partial charge in [0.25, 0.3) is 0 Å². The van der Waals surface area contributed by atoms with E-state index in [0.717, 1.165) is 25.3 Å². The van der Waals surface area contributed by atoms with Gasteiger partial charge in [0.1, 0.15) is 18.5 Å². The monoisotopic (exact) mass is 311 g/mol. The summed E-state index contributed by atoms with van der Waals surface area (Å²) in [5.74, 6) is 0.830. The molecule has 0 amide bonds. The Labute approximate surface area is 138 Å². The van der Waals surface area contributed by atoms with Gasteiger partial charge in [-0.05, 0) is 54.7 Å². The van der Waals surface area contributed by atoms with Gasteiger partial charge in [-0.25, -0.2) is 0 Å². The molecular weight excluding hydrogens is 286 g/mol. The van der Waals surface area contributed by atoms with E-state index in [0.29, 0.717) is 13.2 Å². The Hall–Kier alpha value is -1.84. The SMILES string of the molecule is Cc1ccc(OC[C@@H](O)CN2CCc3ccccc3C2)cc1C. The number of benzene rings is 2. The first-order valence-corrected chi connectivity index (χ1v) is 8.29. The standard InChI is InChI=1S/C20H25NO2/c1-15-7-8-20(11-16(15)2)23-14-19(22)13-21-10-9-17-5-3-4-6-18(17)12-21/h3-8,11,19,22H,9-10,12-14H2,1-2H3/t19-/m0/s1. The molecule has 1 aliphatic rings. The van der Waals surface area contributed by atoms with Crippen LogP contribution < -0.4 is 4.74 Å². The van der Waals surface area contributed by atoms with E-state index in [2.05, 4.69) is 49.1 Å². The number of hydrogen-bond acceptors (Lipinski definition) is 3. The summed E-state index contributed by atoms with van der Waals surface area (Å²) in [5, 5.41) is 10.3. The average molecular weight is 311 g/mol. The highest BCUT2D eigenvalue weighted by Crippen LogP contribution is 2.19. The van der Waals surface area contributed by atoms with E-state index in [1.165, 1.54) is 22.3 Å². The van der Waals surface area contributed by atoms with Crippen LogP contribution in [0.2, 0.25) is 0 Å². The number of aryl methyl sites for hydroxylation is 2. The number of rotatable bonds is 5. The highest BCUT2D eigenvalue weighted by Gasteiger charge is 2.18. The Bertz CT molecular complexity index is 668. The summed E-state index contributed by atoms with van der Waals surface area (Å²) < 4.78 is 5.74. The summed E-state index contributed by atoms with van der Waals surface area (Å²) in [6, 6.07) is 14.6. The van der Waals surface area contributed by atoms with E-state index in [-0.39, 0.29) is 0 Å². The Morgan fingerprint density at radius 2 is 1.87 bits per heavy atom. The van der Waals surface area contributed by atoms with E-state index in [1.807, 2.05) is 12.1 Å². The van der Waals surface area contributed by atoms with Gasteiger partial charge < -0.3 is 9.84 Å². The van der Waals surface area contributed by atoms with Crippen LogP contribution in [0.5, 0.6) is 5.75 Å². The number of hydrogen-bond donors (Lipinski definition) is 1. The van der Waals surface area contributed by atoms with Crippen LogP contribution in [0.25, 0.3) is 0 Å². The van der Waals surface area contributed by atoms with Crippen molar-refractivity contribution >= 4 is 0 Å². The summed E-state index contributed by atoms with van der Waals surface area (Å²) in [4.78, 5) is 2.30.